The first-order valence-corrected chi connectivity index (χ1v) is 9.63. The van der Waals surface area contributed by atoms with Gasteiger partial charge in [-0.2, -0.15) is 0 Å². The maximum absolute atomic E-state index is 6.17. The highest BCUT2D eigenvalue weighted by Gasteiger charge is 2.27. The summed E-state index contributed by atoms with van der Waals surface area (Å²) in [5.74, 6) is 0. The quantitative estimate of drug-likeness (QED) is 0.689. The van der Waals surface area contributed by atoms with Crippen LogP contribution in [0.1, 0.15) is 74.7 Å². The van der Waals surface area contributed by atoms with Crippen LogP contribution in [-0.4, -0.2) is 60.3 Å². The second kappa shape index (κ2) is 8.82. The lowest BCUT2D eigenvalue weighted by atomic mass is 9.88. The first kappa shape index (κ1) is 20.9. The van der Waals surface area contributed by atoms with Gasteiger partial charge >= 0.3 is 0 Å². The van der Waals surface area contributed by atoms with Crippen LogP contribution in [0.2, 0.25) is 0 Å². The van der Waals surface area contributed by atoms with Crippen molar-refractivity contribution in [1.29, 1.82) is 0 Å². The summed E-state index contributed by atoms with van der Waals surface area (Å²) in [5, 5.41) is 0. The van der Waals surface area contributed by atoms with Crippen LogP contribution in [0.3, 0.4) is 0 Å². The molecule has 0 aromatic heterocycles. The van der Waals surface area contributed by atoms with Crippen molar-refractivity contribution >= 4 is 0 Å². The SMILES string of the molecule is CCC(CC(C)(C)C)OCCC(C)N1CCN(C(C)(C)C)CC1. The Morgan fingerprint density at radius 3 is 1.96 bits per heavy atom. The molecule has 0 aromatic rings. The molecule has 0 saturated carbocycles. The van der Waals surface area contributed by atoms with Crippen LogP contribution in [0.4, 0.5) is 0 Å². The van der Waals surface area contributed by atoms with E-state index in [9.17, 15) is 0 Å². The zero-order valence-corrected chi connectivity index (χ0v) is 17.1. The average Bonchev–Trinajstić information content (AvgIpc) is 2.44. The number of ether oxygens (including phenoxy) is 1. The zero-order valence-electron chi connectivity index (χ0n) is 17.1. The Morgan fingerprint density at radius 2 is 1.52 bits per heavy atom. The van der Waals surface area contributed by atoms with Crippen molar-refractivity contribution in [1.82, 2.24) is 9.80 Å². The molecule has 1 heterocycles. The van der Waals surface area contributed by atoms with Crippen LogP contribution in [0.5, 0.6) is 0 Å². The summed E-state index contributed by atoms with van der Waals surface area (Å²) in [6.07, 6.45) is 3.84. The molecule has 1 fully saturated rings. The Balaban J connectivity index is 2.28. The van der Waals surface area contributed by atoms with Gasteiger partial charge in [0.05, 0.1) is 6.10 Å². The van der Waals surface area contributed by atoms with Crippen molar-refractivity contribution in [3.8, 4) is 0 Å². The van der Waals surface area contributed by atoms with Gasteiger partial charge in [0.15, 0.2) is 0 Å². The van der Waals surface area contributed by atoms with Crippen LogP contribution in [-0.2, 0) is 4.74 Å². The number of hydrogen-bond acceptors (Lipinski definition) is 3. The molecule has 0 radical (unpaired) electrons. The number of rotatable bonds is 7. The Hall–Kier alpha value is -0.120. The monoisotopic (exact) mass is 326 g/mol. The van der Waals surface area contributed by atoms with E-state index in [4.69, 9.17) is 4.74 Å². The van der Waals surface area contributed by atoms with Crippen molar-refractivity contribution in [3.05, 3.63) is 0 Å². The fraction of sp³-hybridized carbons (Fsp3) is 1.00. The van der Waals surface area contributed by atoms with Gasteiger partial charge in [0.25, 0.3) is 0 Å². The Bertz CT molecular complexity index is 322. The van der Waals surface area contributed by atoms with Crippen LogP contribution in [0.15, 0.2) is 0 Å². The van der Waals surface area contributed by atoms with E-state index < -0.39 is 0 Å². The zero-order chi connectivity index (χ0) is 17.7. The summed E-state index contributed by atoms with van der Waals surface area (Å²) in [5.41, 5.74) is 0.662. The van der Waals surface area contributed by atoms with Gasteiger partial charge in [0.1, 0.15) is 0 Å². The average molecular weight is 327 g/mol. The van der Waals surface area contributed by atoms with E-state index in [1.807, 2.05) is 0 Å². The van der Waals surface area contributed by atoms with Gasteiger partial charge in [0.2, 0.25) is 0 Å². The fourth-order valence-electron chi connectivity index (χ4n) is 3.43. The lowest BCUT2D eigenvalue weighted by Crippen LogP contribution is -2.55. The maximum Gasteiger partial charge on any atom is 0.0577 e. The topological polar surface area (TPSA) is 15.7 Å². The van der Waals surface area contributed by atoms with Gasteiger partial charge in [0, 0.05) is 44.4 Å². The van der Waals surface area contributed by atoms with Crippen molar-refractivity contribution in [2.75, 3.05) is 32.8 Å². The molecule has 0 aromatic carbocycles. The lowest BCUT2D eigenvalue weighted by Gasteiger charge is -2.44. The Kier molecular flexibility index (Phi) is 8.03. The molecule has 0 amide bonds. The summed E-state index contributed by atoms with van der Waals surface area (Å²) in [7, 11) is 0. The summed E-state index contributed by atoms with van der Waals surface area (Å²) >= 11 is 0. The van der Waals surface area contributed by atoms with Crippen molar-refractivity contribution in [2.45, 2.75) is 92.3 Å². The molecule has 2 unspecified atom stereocenters. The molecule has 3 heteroatoms. The molecule has 23 heavy (non-hydrogen) atoms. The Morgan fingerprint density at radius 1 is 0.957 bits per heavy atom. The molecule has 1 rings (SSSR count). The molecule has 1 aliphatic heterocycles. The van der Waals surface area contributed by atoms with Gasteiger partial charge < -0.3 is 4.74 Å². The normalized spacial score (nSPS) is 21.4. The molecule has 3 nitrogen and oxygen atoms in total. The van der Waals surface area contributed by atoms with Crippen molar-refractivity contribution in [2.24, 2.45) is 5.41 Å². The lowest BCUT2D eigenvalue weighted by molar-refractivity contribution is 0.00210. The van der Waals surface area contributed by atoms with Gasteiger partial charge in [-0.1, -0.05) is 27.7 Å². The van der Waals surface area contributed by atoms with Crippen LogP contribution >= 0.6 is 0 Å². The smallest absolute Gasteiger partial charge is 0.0577 e. The van der Waals surface area contributed by atoms with E-state index in [0.29, 0.717) is 23.1 Å². The van der Waals surface area contributed by atoms with Crippen LogP contribution < -0.4 is 0 Å². The molecule has 1 aliphatic rings. The highest BCUT2D eigenvalue weighted by atomic mass is 16.5. The van der Waals surface area contributed by atoms with Gasteiger partial charge in [-0.3, -0.25) is 9.80 Å². The minimum Gasteiger partial charge on any atom is -0.378 e. The summed E-state index contributed by atoms with van der Waals surface area (Å²) < 4.78 is 6.17. The van der Waals surface area contributed by atoms with E-state index in [1.54, 1.807) is 0 Å². The minimum absolute atomic E-state index is 0.305. The fourth-order valence-corrected chi connectivity index (χ4v) is 3.43. The molecule has 138 valence electrons. The predicted octanol–water partition coefficient (Wildman–Crippen LogP) is 4.41. The van der Waals surface area contributed by atoms with E-state index in [2.05, 4.69) is 65.2 Å². The third-order valence-electron chi connectivity index (χ3n) is 5.07. The van der Waals surface area contributed by atoms with E-state index >= 15 is 0 Å². The second-order valence-corrected chi connectivity index (χ2v) is 9.50. The van der Waals surface area contributed by atoms with Crippen LogP contribution in [0.25, 0.3) is 0 Å². The van der Waals surface area contributed by atoms with Crippen molar-refractivity contribution in [3.63, 3.8) is 0 Å². The summed E-state index contributed by atoms with van der Waals surface area (Å²) in [6.45, 7) is 24.1. The molecular weight excluding hydrogens is 284 g/mol. The molecule has 0 aliphatic carbocycles. The number of hydrogen-bond donors (Lipinski definition) is 0. The number of nitrogens with zero attached hydrogens (tertiary/aromatic N) is 2. The third kappa shape index (κ3) is 8.00. The molecule has 1 saturated heterocycles. The molecule has 0 bridgehead atoms. The van der Waals surface area contributed by atoms with E-state index in [0.717, 1.165) is 25.9 Å². The summed E-state index contributed by atoms with van der Waals surface area (Å²) in [4.78, 5) is 5.24. The molecule has 2 atom stereocenters. The molecule has 0 N–H and O–H groups in total. The predicted molar refractivity (Wildman–Crippen MR) is 101 cm³/mol. The van der Waals surface area contributed by atoms with Gasteiger partial charge in [-0.25, -0.2) is 0 Å². The first-order chi connectivity index (χ1) is 10.5. The van der Waals surface area contributed by atoms with Crippen LogP contribution in [0, 0.1) is 5.41 Å². The largest absolute Gasteiger partial charge is 0.378 e. The number of piperazine rings is 1. The highest BCUT2D eigenvalue weighted by molar-refractivity contribution is 4.83. The molecular formula is C20H42N2O. The minimum atomic E-state index is 0.305. The third-order valence-corrected chi connectivity index (χ3v) is 5.07. The van der Waals surface area contributed by atoms with Crippen molar-refractivity contribution < 1.29 is 4.74 Å². The standard InChI is InChI=1S/C20H42N2O/c1-9-18(16-19(3,4)5)23-15-10-17(2)21-11-13-22(14-12-21)20(6,7)8/h17-18H,9-16H2,1-8H3. The second-order valence-electron chi connectivity index (χ2n) is 9.50. The Labute approximate surface area is 145 Å². The summed E-state index contributed by atoms with van der Waals surface area (Å²) in [6, 6.07) is 0.629. The van der Waals surface area contributed by atoms with E-state index in [1.165, 1.54) is 26.2 Å². The molecule has 0 spiro atoms. The van der Waals surface area contributed by atoms with Gasteiger partial charge in [-0.05, 0) is 52.4 Å². The van der Waals surface area contributed by atoms with Gasteiger partial charge in [-0.15, -0.1) is 0 Å². The first-order valence-electron chi connectivity index (χ1n) is 9.63. The highest BCUT2D eigenvalue weighted by Crippen LogP contribution is 2.24. The van der Waals surface area contributed by atoms with E-state index in [-0.39, 0.29) is 0 Å². The maximum atomic E-state index is 6.17.